The Morgan fingerprint density at radius 1 is 1.45 bits per heavy atom. The molecule has 3 N–H and O–H groups in total. The van der Waals surface area contributed by atoms with Gasteiger partial charge in [-0.05, 0) is 34.7 Å². The molecule has 0 aromatic carbocycles. The first-order valence-corrected chi connectivity index (χ1v) is 8.35. The van der Waals surface area contributed by atoms with Crippen LogP contribution in [0.4, 0.5) is 0 Å². The van der Waals surface area contributed by atoms with Gasteiger partial charge >= 0.3 is 0 Å². The van der Waals surface area contributed by atoms with Gasteiger partial charge in [-0.25, -0.2) is 9.50 Å². The van der Waals surface area contributed by atoms with Crippen molar-refractivity contribution in [2.24, 2.45) is 11.7 Å². The lowest BCUT2D eigenvalue weighted by molar-refractivity contribution is 0.0905. The van der Waals surface area contributed by atoms with Crippen molar-refractivity contribution in [2.75, 3.05) is 6.54 Å². The molecule has 1 atom stereocenters. The van der Waals surface area contributed by atoms with Gasteiger partial charge in [0.05, 0.1) is 4.47 Å². The highest BCUT2D eigenvalue weighted by Crippen LogP contribution is 2.26. The number of hydrogen-bond acceptors (Lipinski definition) is 5. The summed E-state index contributed by atoms with van der Waals surface area (Å²) in [4.78, 5) is 20.6. The summed E-state index contributed by atoms with van der Waals surface area (Å²) in [5.74, 6) is 0.685. The number of rotatable bonds is 4. The largest absolute Gasteiger partial charge is 0.345 e. The first kappa shape index (κ1) is 15.4. The van der Waals surface area contributed by atoms with Gasteiger partial charge in [0, 0.05) is 25.0 Å². The van der Waals surface area contributed by atoms with E-state index in [0.29, 0.717) is 18.2 Å². The molecule has 2 aromatic rings. The van der Waals surface area contributed by atoms with Crippen LogP contribution in [-0.2, 0) is 0 Å². The van der Waals surface area contributed by atoms with E-state index in [1.165, 1.54) is 23.8 Å². The molecule has 1 saturated carbocycles. The highest BCUT2D eigenvalue weighted by molar-refractivity contribution is 9.10. The molecule has 0 spiro atoms. The fourth-order valence-corrected chi connectivity index (χ4v) is 3.29. The zero-order chi connectivity index (χ0) is 15.5. The van der Waals surface area contributed by atoms with Crippen LogP contribution in [0, 0.1) is 5.92 Å². The second kappa shape index (κ2) is 6.70. The van der Waals surface area contributed by atoms with Gasteiger partial charge in [-0.3, -0.25) is 4.79 Å². The fourth-order valence-electron chi connectivity index (χ4n) is 2.99. The first-order valence-electron chi connectivity index (χ1n) is 7.56. The van der Waals surface area contributed by atoms with Crippen molar-refractivity contribution in [3.63, 3.8) is 0 Å². The van der Waals surface area contributed by atoms with E-state index in [-0.39, 0.29) is 17.8 Å². The van der Waals surface area contributed by atoms with E-state index in [1.54, 1.807) is 12.4 Å². The summed E-state index contributed by atoms with van der Waals surface area (Å²) in [6, 6.07) is -0.0147. The Morgan fingerprint density at radius 2 is 2.23 bits per heavy atom. The number of carbonyl (C=O) groups is 1. The maximum Gasteiger partial charge on any atom is 0.291 e. The quantitative estimate of drug-likeness (QED) is 0.854. The highest BCUT2D eigenvalue weighted by atomic mass is 79.9. The lowest BCUT2D eigenvalue weighted by Crippen LogP contribution is -2.46. The van der Waals surface area contributed by atoms with Crippen molar-refractivity contribution in [1.29, 1.82) is 0 Å². The Hall–Kier alpha value is -1.54. The van der Waals surface area contributed by atoms with E-state index >= 15 is 0 Å². The van der Waals surface area contributed by atoms with E-state index in [1.807, 2.05) is 0 Å². The number of halogens is 1. The number of amides is 1. The molecule has 1 aliphatic rings. The second-order valence-corrected chi connectivity index (χ2v) is 6.58. The normalized spacial score (nSPS) is 17.5. The minimum atomic E-state index is -0.289. The molecule has 0 bridgehead atoms. The van der Waals surface area contributed by atoms with Crippen molar-refractivity contribution in [3.8, 4) is 0 Å². The average molecular weight is 367 g/mol. The van der Waals surface area contributed by atoms with Crippen LogP contribution in [0.3, 0.4) is 0 Å². The van der Waals surface area contributed by atoms with Gasteiger partial charge in [0.25, 0.3) is 11.7 Å². The smallest absolute Gasteiger partial charge is 0.291 e. The third-order valence-electron chi connectivity index (χ3n) is 4.15. The number of fused-ring (bicyclic) bond motifs is 1. The van der Waals surface area contributed by atoms with E-state index in [0.717, 1.165) is 17.3 Å². The Labute approximate surface area is 136 Å². The number of hydrogen-bond donors (Lipinski definition) is 2. The third-order valence-corrected chi connectivity index (χ3v) is 4.56. The molecule has 1 amide bonds. The van der Waals surface area contributed by atoms with Gasteiger partial charge in [0.1, 0.15) is 0 Å². The third kappa shape index (κ3) is 3.27. The maximum absolute atomic E-state index is 12.4. The summed E-state index contributed by atoms with van der Waals surface area (Å²) in [7, 11) is 0. The Morgan fingerprint density at radius 3 is 2.95 bits per heavy atom. The second-order valence-electron chi connectivity index (χ2n) is 5.67. The molecule has 0 radical (unpaired) electrons. The molecule has 1 unspecified atom stereocenters. The molecule has 0 saturated heterocycles. The van der Waals surface area contributed by atoms with Crippen LogP contribution >= 0.6 is 15.9 Å². The van der Waals surface area contributed by atoms with E-state index < -0.39 is 0 Å². The minimum absolute atomic E-state index is 0.0147. The van der Waals surface area contributed by atoms with Gasteiger partial charge < -0.3 is 11.1 Å². The Kier molecular flexibility index (Phi) is 4.68. The number of carbonyl (C=O) groups excluding carboxylic acids is 1. The maximum atomic E-state index is 12.4. The first-order chi connectivity index (χ1) is 10.7. The van der Waals surface area contributed by atoms with Crippen molar-refractivity contribution < 1.29 is 4.79 Å². The summed E-state index contributed by atoms with van der Waals surface area (Å²) < 4.78 is 2.26. The predicted molar refractivity (Wildman–Crippen MR) is 85.4 cm³/mol. The van der Waals surface area contributed by atoms with E-state index in [2.05, 4.69) is 36.3 Å². The lowest BCUT2D eigenvalue weighted by Gasteiger charge is -2.29. The topological polar surface area (TPSA) is 98.2 Å². The molecule has 2 aromatic heterocycles. The zero-order valence-electron chi connectivity index (χ0n) is 12.2. The zero-order valence-corrected chi connectivity index (χ0v) is 13.8. The van der Waals surface area contributed by atoms with Crippen molar-refractivity contribution in [1.82, 2.24) is 24.9 Å². The predicted octanol–water partition coefficient (Wildman–Crippen LogP) is 1.52. The van der Waals surface area contributed by atoms with Crippen LogP contribution < -0.4 is 11.1 Å². The number of aromatic nitrogens is 4. The Balaban J connectivity index is 1.73. The number of nitrogens with zero attached hydrogens (tertiary/aromatic N) is 4. The molecule has 8 heteroatoms. The van der Waals surface area contributed by atoms with Crippen LogP contribution in [0.5, 0.6) is 0 Å². The lowest BCUT2D eigenvalue weighted by atomic mass is 9.84. The van der Waals surface area contributed by atoms with Crippen molar-refractivity contribution >= 4 is 27.6 Å². The van der Waals surface area contributed by atoms with Gasteiger partial charge in [0.2, 0.25) is 5.82 Å². The summed E-state index contributed by atoms with van der Waals surface area (Å²) >= 11 is 3.31. The summed E-state index contributed by atoms with van der Waals surface area (Å²) in [6.45, 7) is 0.438. The van der Waals surface area contributed by atoms with Gasteiger partial charge in [-0.2, -0.15) is 4.98 Å². The van der Waals surface area contributed by atoms with Crippen molar-refractivity contribution in [3.05, 3.63) is 22.7 Å². The van der Waals surface area contributed by atoms with Crippen LogP contribution in [0.25, 0.3) is 5.78 Å². The van der Waals surface area contributed by atoms with Crippen LogP contribution in [-0.4, -0.2) is 38.1 Å². The molecular weight excluding hydrogens is 348 g/mol. The van der Waals surface area contributed by atoms with Crippen LogP contribution in [0.15, 0.2) is 16.9 Å². The summed E-state index contributed by atoms with van der Waals surface area (Å²) in [6.07, 6.45) is 9.27. The summed E-state index contributed by atoms with van der Waals surface area (Å²) in [5, 5.41) is 7.15. The Bertz CT molecular complexity index is 666. The van der Waals surface area contributed by atoms with Gasteiger partial charge in [0.15, 0.2) is 0 Å². The molecule has 3 rings (SSSR count). The van der Waals surface area contributed by atoms with E-state index in [9.17, 15) is 4.79 Å². The van der Waals surface area contributed by atoms with Gasteiger partial charge in [-0.15, -0.1) is 5.10 Å². The molecule has 1 fully saturated rings. The van der Waals surface area contributed by atoms with Crippen molar-refractivity contribution in [2.45, 2.75) is 38.1 Å². The molecule has 0 aliphatic heterocycles. The number of nitrogens with one attached hydrogen (secondary N) is 1. The van der Waals surface area contributed by atoms with Crippen LogP contribution in [0.1, 0.15) is 42.7 Å². The van der Waals surface area contributed by atoms with Crippen LogP contribution in [0.2, 0.25) is 0 Å². The molecule has 7 nitrogen and oxygen atoms in total. The number of nitrogens with two attached hydrogens (primary N) is 1. The molecule has 118 valence electrons. The monoisotopic (exact) mass is 366 g/mol. The summed E-state index contributed by atoms with van der Waals surface area (Å²) in [5.41, 5.74) is 5.85. The minimum Gasteiger partial charge on any atom is -0.345 e. The molecule has 1 aliphatic carbocycles. The standard InChI is InChI=1S/C14H19BrN6O/c15-10-7-17-14-19-12(20-21(14)8-10)13(22)18-11(6-16)9-4-2-1-3-5-9/h7-9,11H,1-6,16H2,(H,18,22). The molecule has 2 heterocycles. The van der Waals surface area contributed by atoms with Gasteiger partial charge in [-0.1, -0.05) is 19.3 Å². The highest BCUT2D eigenvalue weighted by Gasteiger charge is 2.25. The fraction of sp³-hybridized carbons (Fsp3) is 0.571. The molecular formula is C14H19BrN6O. The van der Waals surface area contributed by atoms with E-state index in [4.69, 9.17) is 5.73 Å². The molecule has 22 heavy (non-hydrogen) atoms. The SMILES string of the molecule is NCC(NC(=O)c1nc2ncc(Br)cn2n1)C1CCCCC1. The average Bonchev–Trinajstić information content (AvgIpc) is 2.96.